The number of hydrogen-bond donors (Lipinski definition) is 3. The van der Waals surface area contributed by atoms with Crippen LogP contribution in [0.1, 0.15) is 34.0 Å². The number of carbonyl (C=O) groups excluding carboxylic acids is 3. The summed E-state index contributed by atoms with van der Waals surface area (Å²) in [6.07, 6.45) is 1.53. The Balaban J connectivity index is 2.32. The normalized spacial score (nSPS) is 10.2. The number of nitrogens with zero attached hydrogens (tertiary/aromatic N) is 3. The van der Waals surface area contributed by atoms with E-state index in [0.29, 0.717) is 29.5 Å². The lowest BCUT2D eigenvalue weighted by Gasteiger charge is -2.09. The first kappa shape index (κ1) is 20.3. The second kappa shape index (κ2) is 9.08. The molecule has 0 saturated carbocycles. The van der Waals surface area contributed by atoms with Crippen LogP contribution in [0, 0.1) is 0 Å². The third-order valence-electron chi connectivity index (χ3n) is 3.37. The van der Waals surface area contributed by atoms with Crippen LogP contribution in [-0.4, -0.2) is 59.9 Å². The van der Waals surface area contributed by atoms with E-state index in [1.54, 1.807) is 33.2 Å². The molecule has 4 amide bonds. The van der Waals surface area contributed by atoms with Crippen LogP contribution in [0.25, 0.3) is 10.6 Å². The summed E-state index contributed by atoms with van der Waals surface area (Å²) in [6, 6.07) is 3.01. The zero-order valence-electron chi connectivity index (χ0n) is 15.6. The van der Waals surface area contributed by atoms with Gasteiger partial charge >= 0.3 is 6.03 Å². The van der Waals surface area contributed by atoms with Crippen LogP contribution in [0.2, 0.25) is 0 Å². The van der Waals surface area contributed by atoms with Gasteiger partial charge in [-0.05, 0) is 26.0 Å². The third-order valence-corrected chi connectivity index (χ3v) is 4.47. The fourth-order valence-electron chi connectivity index (χ4n) is 2.11. The highest BCUT2D eigenvalue weighted by atomic mass is 32.1. The van der Waals surface area contributed by atoms with E-state index in [2.05, 4.69) is 25.9 Å². The Kier molecular flexibility index (Phi) is 6.83. The van der Waals surface area contributed by atoms with Crippen molar-refractivity contribution in [2.24, 2.45) is 0 Å². The van der Waals surface area contributed by atoms with Gasteiger partial charge in [-0.15, -0.1) is 11.3 Å². The van der Waals surface area contributed by atoms with Crippen LogP contribution >= 0.6 is 11.3 Å². The molecule has 2 heterocycles. The molecule has 0 atom stereocenters. The van der Waals surface area contributed by atoms with Crippen molar-refractivity contribution in [1.82, 2.24) is 25.5 Å². The summed E-state index contributed by atoms with van der Waals surface area (Å²) in [5.74, 6) is -0.301. The molecule has 9 nitrogen and oxygen atoms in total. The number of amides is 4. The summed E-state index contributed by atoms with van der Waals surface area (Å²) in [5.41, 5.74) is 0.750. The topological polar surface area (TPSA) is 116 Å². The molecule has 0 spiro atoms. The molecule has 0 radical (unpaired) electrons. The number of carbonyl (C=O) groups is 3. The molecule has 0 fully saturated rings. The molecule has 0 aliphatic carbocycles. The fraction of sp³-hybridized carbons (Fsp3) is 0.353. The van der Waals surface area contributed by atoms with Crippen LogP contribution in [-0.2, 0) is 0 Å². The zero-order chi connectivity index (χ0) is 20.0. The fourth-order valence-corrected chi connectivity index (χ4v) is 3.07. The Labute approximate surface area is 161 Å². The summed E-state index contributed by atoms with van der Waals surface area (Å²) < 4.78 is 0. The average Bonchev–Trinajstić information content (AvgIpc) is 3.07. The Bertz CT molecular complexity index is 832. The molecule has 0 aliphatic heterocycles. The lowest BCUT2D eigenvalue weighted by atomic mass is 10.3. The van der Waals surface area contributed by atoms with Gasteiger partial charge in [-0.1, -0.05) is 0 Å². The lowest BCUT2D eigenvalue weighted by molar-refractivity contribution is 0.0814. The van der Waals surface area contributed by atoms with Crippen molar-refractivity contribution >= 4 is 35.0 Å². The highest BCUT2D eigenvalue weighted by molar-refractivity contribution is 7.17. The number of hydrogen-bond acceptors (Lipinski definition) is 6. The van der Waals surface area contributed by atoms with Crippen LogP contribution in [0.3, 0.4) is 0 Å². The number of thiazole rings is 1. The minimum atomic E-state index is -0.346. The highest BCUT2D eigenvalue weighted by Gasteiger charge is 2.25. The molecule has 2 rings (SSSR count). The van der Waals surface area contributed by atoms with Gasteiger partial charge in [-0.3, -0.25) is 14.9 Å². The molecule has 0 saturated heterocycles. The standard InChI is InChI=1S/C17H22N6O3S/c1-5-18-14(24)13-12(16(25)23(3)4)22-15(27-13)10-7-8-11(20-9-10)21-17(26)19-6-2/h7-9H,5-6H2,1-4H3,(H,18,24)(H2,19,20,21,26). The first-order valence-electron chi connectivity index (χ1n) is 8.39. The van der Waals surface area contributed by atoms with Gasteiger partial charge in [0, 0.05) is 38.9 Å². The minimum absolute atomic E-state index is 0.107. The molecule has 0 aromatic carbocycles. The Morgan fingerprint density at radius 3 is 2.37 bits per heavy atom. The molecule has 3 N–H and O–H groups in total. The van der Waals surface area contributed by atoms with E-state index in [4.69, 9.17) is 0 Å². The van der Waals surface area contributed by atoms with E-state index < -0.39 is 0 Å². The maximum absolute atomic E-state index is 12.4. The van der Waals surface area contributed by atoms with Crippen LogP contribution in [0.4, 0.5) is 10.6 Å². The van der Waals surface area contributed by atoms with Gasteiger partial charge < -0.3 is 15.5 Å². The van der Waals surface area contributed by atoms with Crippen LogP contribution < -0.4 is 16.0 Å². The van der Waals surface area contributed by atoms with Gasteiger partial charge in [0.1, 0.15) is 15.7 Å². The molecular formula is C17H22N6O3S. The van der Waals surface area contributed by atoms with Gasteiger partial charge in [0.15, 0.2) is 5.69 Å². The summed E-state index contributed by atoms with van der Waals surface area (Å²) >= 11 is 1.12. The van der Waals surface area contributed by atoms with Crippen LogP contribution in [0.15, 0.2) is 18.3 Å². The first-order valence-corrected chi connectivity index (χ1v) is 9.20. The molecule has 0 unspecified atom stereocenters. The molecule has 0 aliphatic rings. The monoisotopic (exact) mass is 390 g/mol. The predicted octanol–water partition coefficient (Wildman–Crippen LogP) is 1.80. The molecule has 10 heteroatoms. The molecular weight excluding hydrogens is 368 g/mol. The predicted molar refractivity (Wildman–Crippen MR) is 104 cm³/mol. The van der Waals surface area contributed by atoms with Gasteiger partial charge in [0.25, 0.3) is 11.8 Å². The Morgan fingerprint density at radius 1 is 1.11 bits per heavy atom. The number of anilines is 1. The van der Waals surface area contributed by atoms with E-state index in [-0.39, 0.29) is 28.4 Å². The third kappa shape index (κ3) is 5.00. The lowest BCUT2D eigenvalue weighted by Crippen LogP contribution is -2.28. The zero-order valence-corrected chi connectivity index (χ0v) is 16.4. The van der Waals surface area contributed by atoms with Crippen molar-refractivity contribution in [3.8, 4) is 10.6 Å². The van der Waals surface area contributed by atoms with E-state index in [0.717, 1.165) is 11.3 Å². The van der Waals surface area contributed by atoms with Gasteiger partial charge in [-0.2, -0.15) is 0 Å². The first-order chi connectivity index (χ1) is 12.9. The molecule has 27 heavy (non-hydrogen) atoms. The smallest absolute Gasteiger partial charge is 0.320 e. The maximum atomic E-state index is 12.4. The summed E-state index contributed by atoms with van der Waals surface area (Å²) in [4.78, 5) is 46.4. The highest BCUT2D eigenvalue weighted by Crippen LogP contribution is 2.29. The SMILES string of the molecule is CCNC(=O)Nc1ccc(-c2nc(C(=O)N(C)C)c(C(=O)NCC)s2)cn1. The number of nitrogens with one attached hydrogen (secondary N) is 3. The van der Waals surface area contributed by atoms with Crippen molar-refractivity contribution in [2.75, 3.05) is 32.5 Å². The van der Waals surface area contributed by atoms with E-state index in [9.17, 15) is 14.4 Å². The minimum Gasteiger partial charge on any atom is -0.352 e. The second-order valence-corrected chi connectivity index (χ2v) is 6.67. The van der Waals surface area contributed by atoms with Gasteiger partial charge in [-0.25, -0.2) is 14.8 Å². The molecule has 2 aromatic heterocycles. The van der Waals surface area contributed by atoms with E-state index in [1.165, 1.54) is 11.1 Å². The summed E-state index contributed by atoms with van der Waals surface area (Å²) in [5, 5.41) is 8.41. The Hall–Kier alpha value is -3.01. The van der Waals surface area contributed by atoms with Crippen molar-refractivity contribution in [3.05, 3.63) is 28.9 Å². The number of aromatic nitrogens is 2. The van der Waals surface area contributed by atoms with Gasteiger partial charge in [0.2, 0.25) is 0 Å². The number of pyridine rings is 1. The maximum Gasteiger partial charge on any atom is 0.320 e. The number of rotatable bonds is 6. The molecule has 144 valence electrons. The van der Waals surface area contributed by atoms with Crippen LogP contribution in [0.5, 0.6) is 0 Å². The Morgan fingerprint density at radius 2 is 1.81 bits per heavy atom. The molecule has 0 bridgehead atoms. The second-order valence-electron chi connectivity index (χ2n) is 5.67. The van der Waals surface area contributed by atoms with Crippen molar-refractivity contribution in [1.29, 1.82) is 0 Å². The quantitative estimate of drug-likeness (QED) is 0.695. The number of urea groups is 1. The van der Waals surface area contributed by atoms with Crippen molar-refractivity contribution < 1.29 is 14.4 Å². The van der Waals surface area contributed by atoms with Gasteiger partial charge in [0.05, 0.1) is 0 Å². The average molecular weight is 390 g/mol. The van der Waals surface area contributed by atoms with E-state index in [1.807, 2.05) is 6.92 Å². The molecule has 2 aromatic rings. The summed E-state index contributed by atoms with van der Waals surface area (Å²) in [6.45, 7) is 4.58. The van der Waals surface area contributed by atoms with Crippen molar-refractivity contribution in [2.45, 2.75) is 13.8 Å². The van der Waals surface area contributed by atoms with E-state index >= 15 is 0 Å². The summed E-state index contributed by atoms with van der Waals surface area (Å²) in [7, 11) is 3.21. The largest absolute Gasteiger partial charge is 0.352 e. The van der Waals surface area contributed by atoms with Crippen molar-refractivity contribution in [3.63, 3.8) is 0 Å².